The summed E-state index contributed by atoms with van der Waals surface area (Å²) in [6.07, 6.45) is 1.68. The summed E-state index contributed by atoms with van der Waals surface area (Å²) in [6, 6.07) is 16.7. The highest BCUT2D eigenvalue weighted by Gasteiger charge is 2.10. The number of aromatic nitrogens is 4. The van der Waals surface area contributed by atoms with E-state index in [4.69, 9.17) is 4.42 Å². The minimum Gasteiger partial charge on any atom is -0.434 e. The molecule has 0 aliphatic heterocycles. The molecule has 0 saturated carbocycles. The van der Waals surface area contributed by atoms with Gasteiger partial charge in [-0.15, -0.1) is 0 Å². The van der Waals surface area contributed by atoms with Crippen molar-refractivity contribution in [3.8, 4) is 11.5 Å². The van der Waals surface area contributed by atoms with Crippen LogP contribution in [-0.2, 0) is 6.54 Å². The number of hydrogen-bond donors (Lipinski definition) is 1. The van der Waals surface area contributed by atoms with E-state index >= 15 is 0 Å². The van der Waals surface area contributed by atoms with Gasteiger partial charge in [0.2, 0.25) is 5.89 Å². The summed E-state index contributed by atoms with van der Waals surface area (Å²) in [5, 5.41) is 2.92. The average Bonchev–Trinajstić information content (AvgIpc) is 3.38. The van der Waals surface area contributed by atoms with Gasteiger partial charge in [0.15, 0.2) is 11.2 Å². The number of rotatable bonds is 4. The molecule has 3 heterocycles. The lowest BCUT2D eigenvalue weighted by Gasteiger charge is -2.06. The van der Waals surface area contributed by atoms with Gasteiger partial charge in [0, 0.05) is 23.9 Å². The summed E-state index contributed by atoms with van der Waals surface area (Å²) < 4.78 is 14.0. The molecule has 0 bridgehead atoms. The molecule has 28 heavy (non-hydrogen) atoms. The molecule has 2 aromatic carbocycles. The molecule has 1 N–H and O–H groups in total. The number of fused-ring (bicyclic) bond motifs is 2. The molecular weight excluding hydrogens is 374 g/mol. The lowest BCUT2D eigenvalue weighted by atomic mass is 10.1. The summed E-state index contributed by atoms with van der Waals surface area (Å²) in [7, 11) is 0. The second-order valence-electron chi connectivity index (χ2n) is 6.19. The van der Waals surface area contributed by atoms with E-state index in [-0.39, 0.29) is 5.91 Å². The third-order valence-corrected chi connectivity index (χ3v) is 4.89. The number of nitrogens with one attached hydrogen (secondary N) is 1. The lowest BCUT2D eigenvalue weighted by Crippen LogP contribution is -2.22. The predicted octanol–water partition coefficient (Wildman–Crippen LogP) is 3.82. The summed E-state index contributed by atoms with van der Waals surface area (Å²) in [4.78, 5) is 21.0. The van der Waals surface area contributed by atoms with Gasteiger partial charge in [-0.2, -0.15) is 13.7 Å². The van der Waals surface area contributed by atoms with Crippen LogP contribution >= 0.6 is 11.7 Å². The van der Waals surface area contributed by atoms with E-state index in [1.165, 1.54) is 0 Å². The predicted molar refractivity (Wildman–Crippen MR) is 106 cm³/mol. The maximum Gasteiger partial charge on any atom is 0.251 e. The Morgan fingerprint density at radius 2 is 1.89 bits per heavy atom. The Kier molecular flexibility index (Phi) is 4.02. The molecule has 0 aliphatic carbocycles. The van der Waals surface area contributed by atoms with E-state index in [9.17, 15) is 4.79 Å². The van der Waals surface area contributed by atoms with Crippen LogP contribution in [0.3, 0.4) is 0 Å². The SMILES string of the molecule is O=C(NCc1ccc(-c2nc3ncccc3o2)cc1)c1ccc2nsnc2c1. The minimum atomic E-state index is -0.149. The highest BCUT2D eigenvalue weighted by atomic mass is 32.1. The normalized spacial score (nSPS) is 11.1. The smallest absolute Gasteiger partial charge is 0.251 e. The average molecular weight is 387 g/mol. The van der Waals surface area contributed by atoms with E-state index in [1.807, 2.05) is 36.4 Å². The van der Waals surface area contributed by atoms with Crippen LogP contribution in [0.1, 0.15) is 15.9 Å². The van der Waals surface area contributed by atoms with Crippen LogP contribution in [0.25, 0.3) is 33.7 Å². The fourth-order valence-electron chi connectivity index (χ4n) is 2.87. The van der Waals surface area contributed by atoms with Crippen LogP contribution in [-0.4, -0.2) is 24.6 Å². The highest BCUT2D eigenvalue weighted by Crippen LogP contribution is 2.23. The molecule has 8 heteroatoms. The number of oxazole rings is 1. The summed E-state index contributed by atoms with van der Waals surface area (Å²) in [5.41, 5.74) is 5.16. The minimum absolute atomic E-state index is 0.149. The monoisotopic (exact) mass is 387 g/mol. The number of hydrogen-bond acceptors (Lipinski definition) is 7. The van der Waals surface area contributed by atoms with Gasteiger partial charge in [-0.05, 0) is 48.0 Å². The Balaban J connectivity index is 1.28. The van der Waals surface area contributed by atoms with Crippen LogP contribution < -0.4 is 5.32 Å². The number of benzene rings is 2. The van der Waals surface area contributed by atoms with Crippen molar-refractivity contribution >= 4 is 39.9 Å². The van der Waals surface area contributed by atoms with Crippen LogP contribution in [0.15, 0.2) is 65.2 Å². The van der Waals surface area contributed by atoms with Crippen molar-refractivity contribution in [2.75, 3.05) is 0 Å². The first-order chi connectivity index (χ1) is 13.8. The van der Waals surface area contributed by atoms with Gasteiger partial charge >= 0.3 is 0 Å². The summed E-state index contributed by atoms with van der Waals surface area (Å²) in [5.74, 6) is 0.374. The molecule has 0 unspecified atom stereocenters. The first-order valence-electron chi connectivity index (χ1n) is 8.58. The Morgan fingerprint density at radius 3 is 2.75 bits per heavy atom. The van der Waals surface area contributed by atoms with E-state index in [0.717, 1.165) is 33.9 Å². The van der Waals surface area contributed by atoms with Crippen molar-refractivity contribution in [2.24, 2.45) is 0 Å². The molecule has 0 saturated heterocycles. The maximum absolute atomic E-state index is 12.4. The number of nitrogens with zero attached hydrogens (tertiary/aromatic N) is 4. The first-order valence-corrected chi connectivity index (χ1v) is 9.31. The molecule has 0 spiro atoms. The van der Waals surface area contributed by atoms with Crippen LogP contribution in [0.4, 0.5) is 0 Å². The molecule has 7 nitrogen and oxygen atoms in total. The molecule has 3 aromatic heterocycles. The molecule has 1 amide bonds. The Morgan fingerprint density at radius 1 is 1.04 bits per heavy atom. The Labute approximate surface area is 163 Å². The largest absolute Gasteiger partial charge is 0.434 e. The molecule has 0 aliphatic rings. The van der Waals surface area contributed by atoms with Gasteiger partial charge < -0.3 is 9.73 Å². The van der Waals surface area contributed by atoms with Crippen molar-refractivity contribution in [2.45, 2.75) is 6.54 Å². The molecular formula is C20H13N5O2S. The van der Waals surface area contributed by atoms with E-state index in [2.05, 4.69) is 24.0 Å². The summed E-state index contributed by atoms with van der Waals surface area (Å²) in [6.45, 7) is 0.418. The van der Waals surface area contributed by atoms with Crippen LogP contribution in [0, 0.1) is 0 Å². The second kappa shape index (κ2) is 6.82. The van der Waals surface area contributed by atoms with Crippen LogP contribution in [0.5, 0.6) is 0 Å². The van der Waals surface area contributed by atoms with Crippen molar-refractivity contribution in [1.82, 2.24) is 24.0 Å². The number of carbonyl (C=O) groups is 1. The maximum atomic E-state index is 12.4. The van der Waals surface area contributed by atoms with Gasteiger partial charge in [-0.3, -0.25) is 4.79 Å². The Bertz CT molecular complexity index is 1260. The topological polar surface area (TPSA) is 93.8 Å². The third-order valence-electron chi connectivity index (χ3n) is 4.33. The zero-order chi connectivity index (χ0) is 18.9. The highest BCUT2D eigenvalue weighted by molar-refractivity contribution is 7.00. The van der Waals surface area contributed by atoms with Gasteiger partial charge in [0.25, 0.3) is 5.91 Å². The molecule has 0 radical (unpaired) electrons. The summed E-state index contributed by atoms with van der Waals surface area (Å²) >= 11 is 1.14. The van der Waals surface area contributed by atoms with Crippen molar-refractivity contribution < 1.29 is 9.21 Å². The standard InChI is InChI=1S/C20H13N5O2S/c26-19(14-7-8-15-16(10-14)25-28-24-15)22-11-12-3-5-13(6-4-12)20-23-18-17(27-20)2-1-9-21-18/h1-10H,11H2,(H,22,26). The van der Waals surface area contributed by atoms with Gasteiger partial charge in [0.05, 0.1) is 11.7 Å². The molecule has 0 fully saturated rings. The third kappa shape index (κ3) is 3.10. The molecule has 0 atom stereocenters. The van der Waals surface area contributed by atoms with E-state index in [1.54, 1.807) is 24.4 Å². The number of carbonyl (C=O) groups excluding carboxylic acids is 1. The zero-order valence-corrected chi connectivity index (χ0v) is 15.3. The first kappa shape index (κ1) is 16.5. The fraction of sp³-hybridized carbons (Fsp3) is 0.0500. The fourth-order valence-corrected chi connectivity index (χ4v) is 3.38. The molecule has 136 valence electrons. The van der Waals surface area contributed by atoms with Crippen molar-refractivity contribution in [1.29, 1.82) is 0 Å². The van der Waals surface area contributed by atoms with E-state index < -0.39 is 0 Å². The van der Waals surface area contributed by atoms with Crippen molar-refractivity contribution in [3.05, 3.63) is 71.9 Å². The number of amides is 1. The van der Waals surface area contributed by atoms with Crippen LogP contribution in [0.2, 0.25) is 0 Å². The lowest BCUT2D eigenvalue weighted by molar-refractivity contribution is 0.0951. The number of pyridine rings is 1. The van der Waals surface area contributed by atoms with Gasteiger partial charge in [-0.1, -0.05) is 12.1 Å². The van der Waals surface area contributed by atoms with E-state index in [0.29, 0.717) is 29.2 Å². The zero-order valence-electron chi connectivity index (χ0n) is 14.5. The van der Waals surface area contributed by atoms with Gasteiger partial charge in [-0.25, -0.2) is 4.98 Å². The second-order valence-corrected chi connectivity index (χ2v) is 6.72. The Hall–Kier alpha value is -3.65. The van der Waals surface area contributed by atoms with Crippen molar-refractivity contribution in [3.63, 3.8) is 0 Å². The quantitative estimate of drug-likeness (QED) is 0.504. The molecule has 5 aromatic rings. The van der Waals surface area contributed by atoms with Gasteiger partial charge in [0.1, 0.15) is 11.0 Å². The molecule has 5 rings (SSSR count).